The lowest BCUT2D eigenvalue weighted by Crippen LogP contribution is -2.58. The number of fused-ring (bicyclic) bond motifs is 1. The predicted molar refractivity (Wildman–Crippen MR) is 78.5 cm³/mol. The van der Waals surface area contributed by atoms with E-state index in [1.807, 2.05) is 6.92 Å². The molecule has 7 heteroatoms. The second-order valence-electron chi connectivity index (χ2n) is 4.94. The molecule has 0 bridgehead atoms. The molecule has 1 saturated heterocycles. The summed E-state index contributed by atoms with van der Waals surface area (Å²) in [6.45, 7) is 1.98. The average molecular weight is 285 g/mol. The molecule has 1 aliphatic rings. The van der Waals surface area contributed by atoms with Crippen LogP contribution in [0.25, 0.3) is 10.9 Å². The number of hydrogen-bond acceptors (Lipinski definition) is 6. The highest BCUT2D eigenvalue weighted by Gasteiger charge is 2.34. The van der Waals surface area contributed by atoms with Crippen LogP contribution in [0, 0.1) is 0 Å². The summed E-state index contributed by atoms with van der Waals surface area (Å²) in [4.78, 5) is 33.8. The second kappa shape index (κ2) is 5.01. The van der Waals surface area contributed by atoms with E-state index >= 15 is 0 Å². The normalized spacial score (nSPS) is 18.9. The Morgan fingerprint density at radius 1 is 1.38 bits per heavy atom. The molecule has 1 fully saturated rings. The average Bonchev–Trinajstić information content (AvgIpc) is 2.46. The number of aromatic nitrogens is 2. The summed E-state index contributed by atoms with van der Waals surface area (Å²) in [7, 11) is 0. The van der Waals surface area contributed by atoms with Gasteiger partial charge < -0.3 is 10.6 Å². The van der Waals surface area contributed by atoms with Crippen LogP contribution in [-0.4, -0.2) is 34.4 Å². The number of piperazine rings is 1. The number of nitrogens with zero attached hydrogens (tertiary/aromatic N) is 3. The number of carbonyl (C=O) groups is 2. The van der Waals surface area contributed by atoms with Crippen LogP contribution in [0.1, 0.15) is 13.3 Å². The van der Waals surface area contributed by atoms with Gasteiger partial charge in [0.15, 0.2) is 0 Å². The van der Waals surface area contributed by atoms with Gasteiger partial charge in [-0.3, -0.25) is 14.9 Å². The molecule has 2 amide bonds. The van der Waals surface area contributed by atoms with Gasteiger partial charge in [-0.25, -0.2) is 9.97 Å². The van der Waals surface area contributed by atoms with Gasteiger partial charge in [-0.2, -0.15) is 0 Å². The first kappa shape index (κ1) is 13.3. The zero-order chi connectivity index (χ0) is 15.0. The van der Waals surface area contributed by atoms with Gasteiger partial charge in [0.05, 0.1) is 12.1 Å². The van der Waals surface area contributed by atoms with Gasteiger partial charge in [0.25, 0.3) is 0 Å². The van der Waals surface area contributed by atoms with Crippen LogP contribution in [0.2, 0.25) is 0 Å². The highest BCUT2D eigenvalue weighted by molar-refractivity contribution is 6.06. The van der Waals surface area contributed by atoms with Crippen LogP contribution in [0.15, 0.2) is 24.5 Å². The molecule has 108 valence electrons. The molecule has 21 heavy (non-hydrogen) atoms. The number of rotatable bonds is 2. The van der Waals surface area contributed by atoms with E-state index < -0.39 is 6.04 Å². The summed E-state index contributed by atoms with van der Waals surface area (Å²) in [5.74, 6) is -0.0767. The first-order valence-electron chi connectivity index (χ1n) is 6.70. The second-order valence-corrected chi connectivity index (χ2v) is 4.94. The number of benzene rings is 1. The number of anilines is 2. The first-order chi connectivity index (χ1) is 10.1. The zero-order valence-electron chi connectivity index (χ0n) is 11.5. The lowest BCUT2D eigenvalue weighted by Gasteiger charge is -2.34. The molecular weight excluding hydrogens is 270 g/mol. The number of nitrogens with one attached hydrogen (secondary N) is 1. The summed E-state index contributed by atoms with van der Waals surface area (Å²) in [6, 6.07) is 4.88. The molecule has 0 spiro atoms. The minimum absolute atomic E-state index is 0.0885. The topological polar surface area (TPSA) is 101 Å². The van der Waals surface area contributed by atoms with Crippen LogP contribution < -0.4 is 16.0 Å². The monoisotopic (exact) mass is 285 g/mol. The third-order valence-electron chi connectivity index (χ3n) is 3.55. The molecule has 0 radical (unpaired) electrons. The van der Waals surface area contributed by atoms with E-state index in [4.69, 9.17) is 5.73 Å². The van der Waals surface area contributed by atoms with Crippen LogP contribution in [0.4, 0.5) is 11.5 Å². The Bertz CT molecular complexity index is 730. The Hall–Kier alpha value is -2.70. The summed E-state index contributed by atoms with van der Waals surface area (Å²) in [5.41, 5.74) is 7.13. The van der Waals surface area contributed by atoms with Crippen LogP contribution in [-0.2, 0) is 9.59 Å². The van der Waals surface area contributed by atoms with E-state index in [2.05, 4.69) is 15.3 Å². The summed E-state index contributed by atoms with van der Waals surface area (Å²) in [6.07, 6.45) is 2.00. The Balaban J connectivity index is 2.15. The van der Waals surface area contributed by atoms with Gasteiger partial charge in [0, 0.05) is 11.1 Å². The third-order valence-corrected chi connectivity index (χ3v) is 3.55. The van der Waals surface area contributed by atoms with E-state index in [9.17, 15) is 9.59 Å². The number of imide groups is 1. The van der Waals surface area contributed by atoms with Crippen LogP contribution in [0.3, 0.4) is 0 Å². The van der Waals surface area contributed by atoms with E-state index in [1.165, 1.54) is 6.33 Å². The minimum Gasteiger partial charge on any atom is -0.399 e. The molecule has 1 aliphatic heterocycles. The fourth-order valence-electron chi connectivity index (χ4n) is 2.58. The van der Waals surface area contributed by atoms with Crippen molar-refractivity contribution in [1.29, 1.82) is 0 Å². The van der Waals surface area contributed by atoms with Crippen molar-refractivity contribution in [2.24, 2.45) is 0 Å². The molecule has 3 rings (SSSR count). The Kier molecular flexibility index (Phi) is 3.17. The molecular formula is C14H15N5O2. The number of nitrogen functional groups attached to an aromatic ring is 1. The van der Waals surface area contributed by atoms with Gasteiger partial charge in [-0.05, 0) is 24.6 Å². The maximum absolute atomic E-state index is 12.0. The maximum atomic E-state index is 12.0. The van der Waals surface area contributed by atoms with Gasteiger partial charge in [0.1, 0.15) is 18.2 Å². The standard InChI is InChI=1S/C14H15N5O2/c1-2-11-14(21)18-12(20)6-19(11)13-9-5-8(15)3-4-10(9)16-7-17-13/h3-5,7,11H,2,6,15H2,1H3,(H,18,20,21). The van der Waals surface area contributed by atoms with Gasteiger partial charge >= 0.3 is 0 Å². The van der Waals surface area contributed by atoms with Crippen LogP contribution in [0.5, 0.6) is 0 Å². The quantitative estimate of drug-likeness (QED) is 0.614. The minimum atomic E-state index is -0.428. The molecule has 0 saturated carbocycles. The SMILES string of the molecule is CCC1C(=O)NC(=O)CN1c1ncnc2ccc(N)cc12. The maximum Gasteiger partial charge on any atom is 0.249 e. The fourth-order valence-corrected chi connectivity index (χ4v) is 2.58. The molecule has 2 aromatic rings. The molecule has 1 aromatic carbocycles. The molecule has 1 unspecified atom stereocenters. The van der Waals surface area contributed by atoms with Crippen molar-refractivity contribution in [2.75, 3.05) is 17.2 Å². The van der Waals surface area contributed by atoms with E-state index in [0.29, 0.717) is 17.9 Å². The van der Waals surface area contributed by atoms with E-state index in [0.717, 1.165) is 10.9 Å². The van der Waals surface area contributed by atoms with Gasteiger partial charge in [-0.15, -0.1) is 0 Å². The van der Waals surface area contributed by atoms with E-state index in [1.54, 1.807) is 23.1 Å². The lowest BCUT2D eigenvalue weighted by molar-refractivity contribution is -0.132. The van der Waals surface area contributed by atoms with Crippen molar-refractivity contribution >= 4 is 34.2 Å². The highest BCUT2D eigenvalue weighted by Crippen LogP contribution is 2.27. The molecule has 1 atom stereocenters. The molecule has 0 aliphatic carbocycles. The number of amides is 2. The molecule has 2 heterocycles. The first-order valence-corrected chi connectivity index (χ1v) is 6.70. The Labute approximate surface area is 121 Å². The summed E-state index contributed by atoms with van der Waals surface area (Å²) < 4.78 is 0. The fraction of sp³-hybridized carbons (Fsp3) is 0.286. The molecule has 3 N–H and O–H groups in total. The van der Waals surface area contributed by atoms with Gasteiger partial charge in [-0.1, -0.05) is 6.92 Å². The Morgan fingerprint density at radius 3 is 2.95 bits per heavy atom. The van der Waals surface area contributed by atoms with Crippen molar-refractivity contribution in [3.05, 3.63) is 24.5 Å². The molecule has 1 aromatic heterocycles. The molecule has 7 nitrogen and oxygen atoms in total. The number of carbonyl (C=O) groups excluding carboxylic acids is 2. The smallest absolute Gasteiger partial charge is 0.249 e. The van der Waals surface area contributed by atoms with Crippen molar-refractivity contribution < 1.29 is 9.59 Å². The largest absolute Gasteiger partial charge is 0.399 e. The summed E-state index contributed by atoms with van der Waals surface area (Å²) in [5, 5.41) is 3.09. The van der Waals surface area contributed by atoms with Crippen molar-refractivity contribution in [3.63, 3.8) is 0 Å². The van der Waals surface area contributed by atoms with Gasteiger partial charge in [0.2, 0.25) is 11.8 Å². The summed E-state index contributed by atoms with van der Waals surface area (Å²) >= 11 is 0. The number of nitrogens with two attached hydrogens (primary N) is 1. The third kappa shape index (κ3) is 2.26. The van der Waals surface area contributed by atoms with Crippen molar-refractivity contribution in [3.8, 4) is 0 Å². The predicted octanol–water partition coefficient (Wildman–Crippen LogP) is 0.453. The highest BCUT2D eigenvalue weighted by atomic mass is 16.2. The van der Waals surface area contributed by atoms with Crippen molar-refractivity contribution in [2.45, 2.75) is 19.4 Å². The number of hydrogen-bond donors (Lipinski definition) is 2. The van der Waals surface area contributed by atoms with E-state index in [-0.39, 0.29) is 18.4 Å². The lowest BCUT2D eigenvalue weighted by atomic mass is 10.1. The van der Waals surface area contributed by atoms with Crippen molar-refractivity contribution in [1.82, 2.24) is 15.3 Å². The Morgan fingerprint density at radius 2 is 2.19 bits per heavy atom. The zero-order valence-corrected chi connectivity index (χ0v) is 11.5. The van der Waals surface area contributed by atoms with Crippen LogP contribution >= 0.6 is 0 Å².